The van der Waals surface area contributed by atoms with E-state index in [1.807, 2.05) is 42.3 Å². The molecule has 0 aliphatic rings. The summed E-state index contributed by atoms with van der Waals surface area (Å²) in [7, 11) is 1.89. The second-order valence-electron chi connectivity index (χ2n) is 4.14. The van der Waals surface area contributed by atoms with E-state index >= 15 is 0 Å². The molecule has 0 fully saturated rings. The predicted octanol–water partition coefficient (Wildman–Crippen LogP) is 2.72. The number of anilines is 1. The Kier molecular flexibility index (Phi) is 6.23. The number of carbonyl (C=O) groups is 2. The second kappa shape index (κ2) is 7.94. The first kappa shape index (κ1) is 15.7. The lowest BCUT2D eigenvalue weighted by atomic mass is 10.2. The number of allylic oxidation sites excluding steroid dienone is 2. The lowest BCUT2D eigenvalue weighted by Gasteiger charge is -2.13. The molecule has 4 heteroatoms. The van der Waals surface area contributed by atoms with Crippen molar-refractivity contribution < 1.29 is 14.3 Å². The largest absolute Gasteiger partial charge is 0.462 e. The van der Waals surface area contributed by atoms with Crippen LogP contribution in [0.2, 0.25) is 0 Å². The molecule has 0 amide bonds. The summed E-state index contributed by atoms with van der Waals surface area (Å²) < 4.78 is 4.83. The number of carbonyl (C=O) groups excluding carboxylic acids is 2. The number of nitrogens with zero attached hydrogens (tertiary/aromatic N) is 1. The summed E-state index contributed by atoms with van der Waals surface area (Å²) in [6.07, 6.45) is 4.90. The fourth-order valence-corrected chi connectivity index (χ4v) is 1.56. The first-order chi connectivity index (χ1) is 9.56. The van der Waals surface area contributed by atoms with Crippen molar-refractivity contribution in [2.75, 3.05) is 18.6 Å². The number of esters is 1. The Bertz CT molecular complexity index is 518. The Morgan fingerprint density at radius 1 is 1.25 bits per heavy atom. The highest BCUT2D eigenvalue weighted by molar-refractivity contribution is 6.16. The van der Waals surface area contributed by atoms with Crippen LogP contribution < -0.4 is 4.90 Å². The first-order valence-corrected chi connectivity index (χ1v) is 6.40. The summed E-state index contributed by atoms with van der Waals surface area (Å²) in [4.78, 5) is 24.8. The molecule has 1 rings (SSSR count). The van der Waals surface area contributed by atoms with Gasteiger partial charge in [-0.15, -0.1) is 0 Å². The van der Waals surface area contributed by atoms with E-state index in [1.54, 1.807) is 19.2 Å². The van der Waals surface area contributed by atoms with E-state index in [9.17, 15) is 9.59 Å². The van der Waals surface area contributed by atoms with E-state index in [0.717, 1.165) is 5.69 Å². The number of hydrogen-bond donors (Lipinski definition) is 0. The standard InChI is InChI=1S/C16H19NO3/c1-4-20-16(19)15(13(2)18)11-8-12-17(3)14-9-6-5-7-10-14/h5-12H,4H2,1-3H3. The third-order valence-corrected chi connectivity index (χ3v) is 2.61. The summed E-state index contributed by atoms with van der Waals surface area (Å²) >= 11 is 0. The van der Waals surface area contributed by atoms with E-state index in [2.05, 4.69) is 0 Å². The summed E-state index contributed by atoms with van der Waals surface area (Å²) in [5, 5.41) is 0. The third kappa shape index (κ3) is 4.72. The van der Waals surface area contributed by atoms with Gasteiger partial charge in [0.25, 0.3) is 0 Å². The van der Waals surface area contributed by atoms with Crippen LogP contribution in [0.5, 0.6) is 0 Å². The highest BCUT2D eigenvalue weighted by Crippen LogP contribution is 2.11. The Balaban J connectivity index is 2.79. The van der Waals surface area contributed by atoms with Crippen LogP contribution in [-0.2, 0) is 14.3 Å². The van der Waals surface area contributed by atoms with Gasteiger partial charge in [0.05, 0.1) is 6.61 Å². The molecule has 0 saturated heterocycles. The van der Waals surface area contributed by atoms with E-state index in [0.29, 0.717) is 0 Å². The molecule has 0 radical (unpaired) electrons. The van der Waals surface area contributed by atoms with Gasteiger partial charge < -0.3 is 9.64 Å². The van der Waals surface area contributed by atoms with Crippen molar-refractivity contribution in [3.8, 4) is 0 Å². The van der Waals surface area contributed by atoms with Crippen molar-refractivity contribution in [3.05, 3.63) is 54.3 Å². The molecule has 0 bridgehead atoms. The minimum atomic E-state index is -0.591. The Hall–Kier alpha value is -2.36. The lowest BCUT2D eigenvalue weighted by molar-refractivity contribution is -0.139. The topological polar surface area (TPSA) is 46.6 Å². The van der Waals surface area contributed by atoms with Crippen LogP contribution in [0.3, 0.4) is 0 Å². The summed E-state index contributed by atoms with van der Waals surface area (Å²) in [5.74, 6) is -0.900. The van der Waals surface area contributed by atoms with Crippen molar-refractivity contribution in [1.82, 2.24) is 0 Å². The van der Waals surface area contributed by atoms with Crippen LogP contribution in [-0.4, -0.2) is 25.4 Å². The van der Waals surface area contributed by atoms with Crippen LogP contribution in [0, 0.1) is 0 Å². The number of hydrogen-bond acceptors (Lipinski definition) is 4. The summed E-state index contributed by atoms with van der Waals surface area (Å²) in [6, 6.07) is 9.75. The monoisotopic (exact) mass is 273 g/mol. The molecule has 0 aliphatic carbocycles. The molecule has 1 aromatic carbocycles. The molecule has 20 heavy (non-hydrogen) atoms. The fraction of sp³-hybridized carbons (Fsp3) is 0.250. The van der Waals surface area contributed by atoms with E-state index < -0.39 is 5.97 Å². The highest BCUT2D eigenvalue weighted by Gasteiger charge is 2.14. The maximum atomic E-state index is 11.6. The fourth-order valence-electron chi connectivity index (χ4n) is 1.56. The second-order valence-corrected chi connectivity index (χ2v) is 4.14. The third-order valence-electron chi connectivity index (χ3n) is 2.61. The van der Waals surface area contributed by atoms with Crippen molar-refractivity contribution in [2.45, 2.75) is 13.8 Å². The number of benzene rings is 1. The Labute approximate surface area is 119 Å². The van der Waals surface area contributed by atoms with Gasteiger partial charge >= 0.3 is 5.97 Å². The van der Waals surface area contributed by atoms with Crippen LogP contribution in [0.1, 0.15) is 13.8 Å². The Morgan fingerprint density at radius 2 is 1.90 bits per heavy atom. The SMILES string of the molecule is CCOC(=O)C(=CC=CN(C)c1ccccc1)C(C)=O. The van der Waals surface area contributed by atoms with Crippen LogP contribution in [0.15, 0.2) is 54.3 Å². The molecular weight excluding hydrogens is 254 g/mol. The number of ketones is 1. The normalized spacial score (nSPS) is 11.4. The van der Waals surface area contributed by atoms with E-state index in [1.165, 1.54) is 13.0 Å². The number of rotatable bonds is 6. The number of para-hydroxylation sites is 1. The number of Topliss-reactive ketones (excluding diaryl/α,β-unsaturated/α-hetero) is 1. The maximum Gasteiger partial charge on any atom is 0.341 e. The molecule has 0 spiro atoms. The molecular formula is C16H19NO3. The van der Waals surface area contributed by atoms with Crippen molar-refractivity contribution >= 4 is 17.4 Å². The average Bonchev–Trinajstić information content (AvgIpc) is 2.44. The van der Waals surface area contributed by atoms with Gasteiger partial charge in [-0.05, 0) is 38.1 Å². The minimum Gasteiger partial charge on any atom is -0.462 e. The van der Waals surface area contributed by atoms with Crippen molar-refractivity contribution in [2.24, 2.45) is 0 Å². The molecule has 0 N–H and O–H groups in total. The van der Waals surface area contributed by atoms with Gasteiger partial charge in [-0.1, -0.05) is 18.2 Å². The van der Waals surface area contributed by atoms with Gasteiger partial charge in [0, 0.05) is 18.9 Å². The molecule has 0 saturated carbocycles. The zero-order valence-electron chi connectivity index (χ0n) is 12.0. The van der Waals surface area contributed by atoms with Crippen molar-refractivity contribution in [1.29, 1.82) is 0 Å². The zero-order valence-corrected chi connectivity index (χ0v) is 12.0. The van der Waals surface area contributed by atoms with Gasteiger partial charge in [0.2, 0.25) is 0 Å². The molecule has 4 nitrogen and oxygen atoms in total. The van der Waals surface area contributed by atoms with Gasteiger partial charge in [-0.3, -0.25) is 4.79 Å². The quantitative estimate of drug-likeness (QED) is 0.263. The maximum absolute atomic E-state index is 11.6. The zero-order chi connectivity index (χ0) is 15.0. The molecule has 0 atom stereocenters. The van der Waals surface area contributed by atoms with Crippen molar-refractivity contribution in [3.63, 3.8) is 0 Å². The van der Waals surface area contributed by atoms with Gasteiger partial charge in [0.15, 0.2) is 5.78 Å². The van der Waals surface area contributed by atoms with Gasteiger partial charge in [0.1, 0.15) is 5.57 Å². The summed E-state index contributed by atoms with van der Waals surface area (Å²) in [6.45, 7) is 3.29. The van der Waals surface area contributed by atoms with E-state index in [4.69, 9.17) is 4.74 Å². The Morgan fingerprint density at radius 3 is 2.45 bits per heavy atom. The molecule has 1 aromatic rings. The van der Waals surface area contributed by atoms with Crippen LogP contribution in [0.4, 0.5) is 5.69 Å². The number of ether oxygens (including phenoxy) is 1. The van der Waals surface area contributed by atoms with Gasteiger partial charge in [-0.2, -0.15) is 0 Å². The molecule has 0 unspecified atom stereocenters. The smallest absolute Gasteiger partial charge is 0.341 e. The van der Waals surface area contributed by atoms with Crippen LogP contribution in [0.25, 0.3) is 0 Å². The molecule has 0 aliphatic heterocycles. The van der Waals surface area contributed by atoms with E-state index in [-0.39, 0.29) is 18.0 Å². The molecule has 106 valence electrons. The summed E-state index contributed by atoms with van der Waals surface area (Å²) in [5.41, 5.74) is 1.06. The molecule has 0 heterocycles. The minimum absolute atomic E-state index is 0.0459. The lowest BCUT2D eigenvalue weighted by Crippen LogP contribution is -2.13. The van der Waals surface area contributed by atoms with Gasteiger partial charge in [-0.25, -0.2) is 4.79 Å². The van der Waals surface area contributed by atoms with Crippen LogP contribution >= 0.6 is 0 Å². The highest BCUT2D eigenvalue weighted by atomic mass is 16.5. The average molecular weight is 273 g/mol. The molecule has 0 aromatic heterocycles. The predicted molar refractivity (Wildman–Crippen MR) is 79.4 cm³/mol. The first-order valence-electron chi connectivity index (χ1n) is 6.40.